The molecule has 122 valence electrons. The summed E-state index contributed by atoms with van der Waals surface area (Å²) in [5.41, 5.74) is 0.858. The predicted octanol–water partition coefficient (Wildman–Crippen LogP) is 3.39. The normalized spacial score (nSPS) is 13.5. The van der Waals surface area contributed by atoms with Crippen LogP contribution < -0.4 is 9.47 Å². The molecule has 0 aliphatic carbocycles. The Kier molecular flexibility index (Phi) is 4.61. The zero-order valence-electron chi connectivity index (χ0n) is 12.5. The summed E-state index contributed by atoms with van der Waals surface area (Å²) >= 11 is 3.31. The number of hydrogen-bond acceptors (Lipinski definition) is 4. The minimum atomic E-state index is -3.54. The Balaban J connectivity index is 1.86. The summed E-state index contributed by atoms with van der Waals surface area (Å²) < 4.78 is 38.4. The molecule has 1 aliphatic rings. The number of sulfonamides is 1. The number of benzene rings is 2. The molecule has 0 aromatic heterocycles. The van der Waals surface area contributed by atoms with Crippen LogP contribution in [0.25, 0.3) is 0 Å². The molecule has 23 heavy (non-hydrogen) atoms. The van der Waals surface area contributed by atoms with E-state index in [1.54, 1.807) is 30.3 Å². The van der Waals surface area contributed by atoms with Gasteiger partial charge in [-0.15, -0.1) is 0 Å². The van der Waals surface area contributed by atoms with Gasteiger partial charge in [0.25, 0.3) is 0 Å². The highest BCUT2D eigenvalue weighted by atomic mass is 79.9. The second kappa shape index (κ2) is 6.51. The van der Waals surface area contributed by atoms with Crippen molar-refractivity contribution in [3.63, 3.8) is 0 Å². The molecule has 0 unspecified atom stereocenters. The molecule has 3 rings (SSSR count). The van der Waals surface area contributed by atoms with E-state index in [0.717, 1.165) is 10.0 Å². The van der Waals surface area contributed by atoms with Crippen LogP contribution >= 0.6 is 15.9 Å². The Morgan fingerprint density at radius 2 is 1.78 bits per heavy atom. The molecule has 0 fully saturated rings. The number of nitrogens with zero attached hydrogens (tertiary/aromatic N) is 1. The third kappa shape index (κ3) is 3.36. The van der Waals surface area contributed by atoms with Gasteiger partial charge in [-0.05, 0) is 42.0 Å². The summed E-state index contributed by atoms with van der Waals surface area (Å²) in [4.78, 5) is 0.281. The van der Waals surface area contributed by atoms with Crippen LogP contribution in [0.1, 0.15) is 12.5 Å². The van der Waals surface area contributed by atoms with E-state index < -0.39 is 10.0 Å². The molecular formula is C16H16BrNO4S. The lowest BCUT2D eigenvalue weighted by molar-refractivity contribution is 0.174. The van der Waals surface area contributed by atoms with Gasteiger partial charge in [-0.2, -0.15) is 4.31 Å². The van der Waals surface area contributed by atoms with E-state index in [1.165, 1.54) is 4.31 Å². The first-order valence-electron chi connectivity index (χ1n) is 7.15. The maximum absolute atomic E-state index is 12.8. The first kappa shape index (κ1) is 16.3. The van der Waals surface area contributed by atoms with Crippen LogP contribution in [0.3, 0.4) is 0 Å². The molecule has 5 nitrogen and oxygen atoms in total. The number of hydrogen-bond donors (Lipinski definition) is 0. The van der Waals surface area contributed by atoms with E-state index in [-0.39, 0.29) is 18.2 Å². The predicted molar refractivity (Wildman–Crippen MR) is 90.0 cm³/mol. The fraction of sp³-hybridized carbons (Fsp3) is 0.250. The Labute approximate surface area is 144 Å². The summed E-state index contributed by atoms with van der Waals surface area (Å²) in [6.07, 6.45) is 0. The molecule has 0 spiro atoms. The van der Waals surface area contributed by atoms with Crippen molar-refractivity contribution in [1.29, 1.82) is 0 Å². The minimum Gasteiger partial charge on any atom is -0.454 e. The third-order valence-electron chi connectivity index (χ3n) is 3.60. The third-order valence-corrected chi connectivity index (χ3v) is 6.06. The van der Waals surface area contributed by atoms with Crippen LogP contribution in [0.15, 0.2) is 51.8 Å². The van der Waals surface area contributed by atoms with Crippen LogP contribution in [-0.4, -0.2) is 26.1 Å². The standard InChI is InChI=1S/C16H16BrNO4S/c1-2-18(23(19,20)14-6-4-13(17)5-7-14)10-12-3-8-15-16(9-12)22-11-21-15/h3-9H,2,10-11H2,1H3. The highest BCUT2D eigenvalue weighted by Gasteiger charge is 2.24. The zero-order chi connectivity index (χ0) is 16.4. The largest absolute Gasteiger partial charge is 0.454 e. The van der Waals surface area contributed by atoms with E-state index in [2.05, 4.69) is 15.9 Å². The van der Waals surface area contributed by atoms with E-state index in [1.807, 2.05) is 19.1 Å². The van der Waals surface area contributed by atoms with Crippen LogP contribution in [0.4, 0.5) is 0 Å². The van der Waals surface area contributed by atoms with Gasteiger partial charge < -0.3 is 9.47 Å². The molecular weight excluding hydrogens is 382 g/mol. The smallest absolute Gasteiger partial charge is 0.243 e. The minimum absolute atomic E-state index is 0.202. The lowest BCUT2D eigenvalue weighted by Gasteiger charge is -2.20. The van der Waals surface area contributed by atoms with Crippen molar-refractivity contribution in [3.05, 3.63) is 52.5 Å². The summed E-state index contributed by atoms with van der Waals surface area (Å²) in [7, 11) is -3.54. The first-order valence-corrected chi connectivity index (χ1v) is 9.38. The second-order valence-corrected chi connectivity index (χ2v) is 7.93. The van der Waals surface area contributed by atoms with Crippen LogP contribution in [0, 0.1) is 0 Å². The van der Waals surface area contributed by atoms with E-state index in [0.29, 0.717) is 18.0 Å². The van der Waals surface area contributed by atoms with Crippen LogP contribution in [0.5, 0.6) is 11.5 Å². The summed E-state index contributed by atoms with van der Waals surface area (Å²) in [6, 6.07) is 12.1. The average molecular weight is 398 g/mol. The molecule has 0 amide bonds. The van der Waals surface area contributed by atoms with E-state index in [9.17, 15) is 8.42 Å². The number of fused-ring (bicyclic) bond motifs is 1. The monoisotopic (exact) mass is 397 g/mol. The molecule has 0 bridgehead atoms. The SMILES string of the molecule is CCN(Cc1ccc2c(c1)OCO2)S(=O)(=O)c1ccc(Br)cc1. The van der Waals surface area contributed by atoms with Crippen molar-refractivity contribution < 1.29 is 17.9 Å². The Morgan fingerprint density at radius 3 is 2.48 bits per heavy atom. The van der Waals surface area contributed by atoms with Crippen LogP contribution in [-0.2, 0) is 16.6 Å². The van der Waals surface area contributed by atoms with Gasteiger partial charge in [-0.25, -0.2) is 8.42 Å². The Hall–Kier alpha value is -1.57. The van der Waals surface area contributed by atoms with Crippen LogP contribution in [0.2, 0.25) is 0 Å². The second-order valence-electron chi connectivity index (χ2n) is 5.07. The summed E-state index contributed by atoms with van der Waals surface area (Å²) in [5.74, 6) is 1.34. The van der Waals surface area contributed by atoms with Gasteiger partial charge in [0.1, 0.15) is 0 Å². The topological polar surface area (TPSA) is 55.8 Å². The number of halogens is 1. The lowest BCUT2D eigenvalue weighted by atomic mass is 10.2. The number of ether oxygens (including phenoxy) is 2. The van der Waals surface area contributed by atoms with E-state index >= 15 is 0 Å². The molecule has 2 aromatic rings. The molecule has 0 saturated carbocycles. The first-order chi connectivity index (χ1) is 11.0. The van der Waals surface area contributed by atoms with Gasteiger partial charge in [0.05, 0.1) is 4.90 Å². The zero-order valence-corrected chi connectivity index (χ0v) is 14.9. The van der Waals surface area contributed by atoms with Crippen molar-refractivity contribution >= 4 is 26.0 Å². The fourth-order valence-electron chi connectivity index (χ4n) is 2.37. The van der Waals surface area contributed by atoms with Crippen molar-refractivity contribution in [2.75, 3.05) is 13.3 Å². The number of rotatable bonds is 5. The highest BCUT2D eigenvalue weighted by molar-refractivity contribution is 9.10. The summed E-state index contributed by atoms with van der Waals surface area (Å²) in [6.45, 7) is 2.69. The van der Waals surface area contributed by atoms with Gasteiger partial charge in [-0.1, -0.05) is 28.9 Å². The lowest BCUT2D eigenvalue weighted by Crippen LogP contribution is -2.30. The maximum Gasteiger partial charge on any atom is 0.243 e. The maximum atomic E-state index is 12.8. The molecule has 1 heterocycles. The molecule has 0 N–H and O–H groups in total. The van der Waals surface area contributed by atoms with Crippen molar-refractivity contribution in [2.24, 2.45) is 0 Å². The Morgan fingerprint density at radius 1 is 1.09 bits per heavy atom. The van der Waals surface area contributed by atoms with Gasteiger partial charge >= 0.3 is 0 Å². The van der Waals surface area contributed by atoms with Crippen molar-refractivity contribution in [3.8, 4) is 11.5 Å². The van der Waals surface area contributed by atoms with Gasteiger partial charge in [0, 0.05) is 17.6 Å². The molecule has 1 aliphatic heterocycles. The van der Waals surface area contributed by atoms with Gasteiger partial charge in [0.15, 0.2) is 11.5 Å². The molecule has 2 aromatic carbocycles. The van der Waals surface area contributed by atoms with Crippen molar-refractivity contribution in [1.82, 2.24) is 4.31 Å². The quantitative estimate of drug-likeness (QED) is 0.775. The van der Waals surface area contributed by atoms with E-state index in [4.69, 9.17) is 9.47 Å². The average Bonchev–Trinajstić information content (AvgIpc) is 3.00. The molecule has 0 radical (unpaired) electrons. The van der Waals surface area contributed by atoms with Crippen molar-refractivity contribution in [2.45, 2.75) is 18.4 Å². The fourth-order valence-corrected chi connectivity index (χ4v) is 4.07. The molecule has 0 saturated heterocycles. The van der Waals surface area contributed by atoms with Gasteiger partial charge in [0.2, 0.25) is 16.8 Å². The highest BCUT2D eigenvalue weighted by Crippen LogP contribution is 2.33. The Bertz CT molecular complexity index is 805. The van der Waals surface area contributed by atoms with Gasteiger partial charge in [-0.3, -0.25) is 0 Å². The molecule has 7 heteroatoms. The molecule has 0 atom stereocenters. The summed E-state index contributed by atoms with van der Waals surface area (Å²) in [5, 5.41) is 0.